The Hall–Kier alpha value is -5.04. The van der Waals surface area contributed by atoms with Crippen LogP contribution in [0.5, 0.6) is 5.75 Å². The molecule has 7 heteroatoms. The molecule has 0 unspecified atom stereocenters. The summed E-state index contributed by atoms with van der Waals surface area (Å²) in [5.74, 6) is 0.186. The standard InChI is InChI=1S/C38H32F3N3O/c1-3-5-31-15-13-29-23-42-35-17-14-28(20-34(35)37(29)44(31)32-16-12-27-18-19-43(2)36(27)22-32)26-10-8-25(9-11-26)24-45-33-7-4-6-30(21-33)38(39,40)41/h4-17,20-23H,3,18-19,24H2,1-2H3/b31-5-. The second kappa shape index (κ2) is 11.5. The van der Waals surface area contributed by atoms with Gasteiger partial charge in [0.25, 0.3) is 0 Å². The number of likely N-dealkylation sites (N-methyl/N-ethyl adjacent to an activating group) is 1. The summed E-state index contributed by atoms with van der Waals surface area (Å²) in [5.41, 5.74) is 10.2. The molecule has 1 aromatic heterocycles. The third-order valence-electron chi connectivity index (χ3n) is 8.51. The first-order valence-corrected chi connectivity index (χ1v) is 15.1. The molecule has 2 aliphatic heterocycles. The number of benzene rings is 4. The Morgan fingerprint density at radius 2 is 1.73 bits per heavy atom. The van der Waals surface area contributed by atoms with Gasteiger partial charge < -0.3 is 14.5 Å². The fourth-order valence-electron chi connectivity index (χ4n) is 6.16. The zero-order valence-electron chi connectivity index (χ0n) is 25.1. The molecule has 0 bridgehead atoms. The van der Waals surface area contributed by atoms with Gasteiger partial charge >= 0.3 is 6.18 Å². The summed E-state index contributed by atoms with van der Waals surface area (Å²) in [6.07, 6.45) is 6.08. The molecule has 3 heterocycles. The maximum atomic E-state index is 13.1. The van der Waals surface area contributed by atoms with Gasteiger partial charge in [0.05, 0.1) is 16.8 Å². The third kappa shape index (κ3) is 5.55. The van der Waals surface area contributed by atoms with Crippen molar-refractivity contribution in [3.63, 3.8) is 0 Å². The molecule has 2 aliphatic rings. The zero-order valence-corrected chi connectivity index (χ0v) is 25.1. The molecule has 226 valence electrons. The van der Waals surface area contributed by atoms with E-state index in [2.05, 4.69) is 78.4 Å². The summed E-state index contributed by atoms with van der Waals surface area (Å²) in [4.78, 5) is 9.47. The number of rotatable bonds is 6. The largest absolute Gasteiger partial charge is 0.489 e. The molecule has 0 atom stereocenters. The smallest absolute Gasteiger partial charge is 0.416 e. The van der Waals surface area contributed by atoms with Gasteiger partial charge in [-0.1, -0.05) is 55.5 Å². The molecular formula is C38H32F3N3O. The van der Waals surface area contributed by atoms with Crippen LogP contribution in [0.15, 0.2) is 109 Å². The number of nitrogens with zero attached hydrogens (tertiary/aromatic N) is 3. The molecule has 0 amide bonds. The summed E-state index contributed by atoms with van der Waals surface area (Å²) in [6, 6.07) is 26.0. The molecule has 45 heavy (non-hydrogen) atoms. The van der Waals surface area contributed by atoms with Gasteiger partial charge in [0.2, 0.25) is 0 Å². The molecule has 0 saturated carbocycles. The highest BCUT2D eigenvalue weighted by Gasteiger charge is 2.30. The topological polar surface area (TPSA) is 28.6 Å². The van der Waals surface area contributed by atoms with Crippen LogP contribution in [0.2, 0.25) is 0 Å². The van der Waals surface area contributed by atoms with Gasteiger partial charge in [-0.25, -0.2) is 0 Å². The number of hydrogen-bond acceptors (Lipinski definition) is 4. The molecule has 0 radical (unpaired) electrons. The third-order valence-corrected chi connectivity index (χ3v) is 8.51. The second-order valence-electron chi connectivity index (χ2n) is 11.5. The second-order valence-corrected chi connectivity index (χ2v) is 11.5. The van der Waals surface area contributed by atoms with E-state index in [9.17, 15) is 13.2 Å². The minimum atomic E-state index is -4.41. The molecule has 4 aromatic carbocycles. The lowest BCUT2D eigenvalue weighted by Gasteiger charge is -2.32. The van der Waals surface area contributed by atoms with Crippen molar-refractivity contribution >= 4 is 34.0 Å². The summed E-state index contributed by atoms with van der Waals surface area (Å²) >= 11 is 0. The van der Waals surface area contributed by atoms with Gasteiger partial charge in [0.15, 0.2) is 0 Å². The van der Waals surface area contributed by atoms with Gasteiger partial charge in [-0.2, -0.15) is 13.2 Å². The minimum Gasteiger partial charge on any atom is -0.489 e. The van der Waals surface area contributed by atoms with Crippen molar-refractivity contribution in [1.82, 2.24) is 4.98 Å². The van der Waals surface area contributed by atoms with Crippen LogP contribution in [-0.2, 0) is 19.2 Å². The van der Waals surface area contributed by atoms with Crippen molar-refractivity contribution < 1.29 is 17.9 Å². The van der Waals surface area contributed by atoms with Gasteiger partial charge in [-0.3, -0.25) is 4.98 Å². The highest BCUT2D eigenvalue weighted by atomic mass is 19.4. The fourth-order valence-corrected chi connectivity index (χ4v) is 6.16. The zero-order chi connectivity index (χ0) is 31.1. The molecule has 0 N–H and O–H groups in total. The van der Waals surface area contributed by atoms with Crippen LogP contribution in [0.4, 0.5) is 30.2 Å². The van der Waals surface area contributed by atoms with E-state index in [0.717, 1.165) is 81.7 Å². The van der Waals surface area contributed by atoms with Crippen molar-refractivity contribution in [3.05, 3.63) is 131 Å². The van der Waals surface area contributed by atoms with Crippen LogP contribution in [0.25, 0.3) is 28.1 Å². The molecule has 4 nitrogen and oxygen atoms in total. The first kappa shape index (κ1) is 28.7. The monoisotopic (exact) mass is 603 g/mol. The number of halogens is 3. The van der Waals surface area contributed by atoms with E-state index in [-0.39, 0.29) is 12.4 Å². The lowest BCUT2D eigenvalue weighted by molar-refractivity contribution is -0.137. The van der Waals surface area contributed by atoms with Crippen molar-refractivity contribution in [2.75, 3.05) is 23.4 Å². The Balaban J connectivity index is 1.22. The highest BCUT2D eigenvalue weighted by molar-refractivity contribution is 6.03. The Kier molecular flexibility index (Phi) is 7.32. The number of alkyl halides is 3. The average molecular weight is 604 g/mol. The van der Waals surface area contributed by atoms with E-state index < -0.39 is 11.7 Å². The van der Waals surface area contributed by atoms with Gasteiger partial charge in [-0.15, -0.1) is 0 Å². The summed E-state index contributed by atoms with van der Waals surface area (Å²) < 4.78 is 44.9. The lowest BCUT2D eigenvalue weighted by Crippen LogP contribution is -2.20. The molecule has 0 aliphatic carbocycles. The maximum absolute atomic E-state index is 13.1. The maximum Gasteiger partial charge on any atom is 0.416 e. The summed E-state index contributed by atoms with van der Waals surface area (Å²) in [5, 5.41) is 1.06. The van der Waals surface area contributed by atoms with Crippen molar-refractivity contribution in [2.24, 2.45) is 0 Å². The van der Waals surface area contributed by atoms with E-state index in [4.69, 9.17) is 9.72 Å². The fraction of sp³-hybridized carbons (Fsp3) is 0.184. The Morgan fingerprint density at radius 1 is 0.911 bits per heavy atom. The number of fused-ring (bicyclic) bond motifs is 4. The summed E-state index contributed by atoms with van der Waals surface area (Å²) in [6.45, 7) is 3.35. The van der Waals surface area contributed by atoms with Gasteiger partial charge in [0.1, 0.15) is 12.4 Å². The van der Waals surface area contributed by atoms with E-state index in [0.29, 0.717) is 0 Å². The first-order valence-electron chi connectivity index (χ1n) is 15.1. The predicted molar refractivity (Wildman–Crippen MR) is 176 cm³/mol. The van der Waals surface area contributed by atoms with Crippen LogP contribution in [0, 0.1) is 0 Å². The first-order chi connectivity index (χ1) is 21.8. The lowest BCUT2D eigenvalue weighted by atomic mass is 9.97. The molecular weight excluding hydrogens is 571 g/mol. The number of hydrogen-bond donors (Lipinski definition) is 0. The van der Waals surface area contributed by atoms with Crippen LogP contribution >= 0.6 is 0 Å². The molecule has 0 saturated heterocycles. The van der Waals surface area contributed by atoms with Crippen molar-refractivity contribution in [1.29, 1.82) is 0 Å². The van der Waals surface area contributed by atoms with Gasteiger partial charge in [-0.05, 0) is 89.7 Å². The molecule has 0 spiro atoms. The van der Waals surface area contributed by atoms with E-state index in [1.807, 2.05) is 30.5 Å². The normalized spacial score (nSPS) is 15.1. The number of pyridine rings is 1. The highest BCUT2D eigenvalue weighted by Crippen LogP contribution is 2.44. The summed E-state index contributed by atoms with van der Waals surface area (Å²) in [7, 11) is 2.15. The van der Waals surface area contributed by atoms with E-state index in [1.54, 1.807) is 0 Å². The van der Waals surface area contributed by atoms with Crippen LogP contribution in [-0.4, -0.2) is 18.6 Å². The predicted octanol–water partition coefficient (Wildman–Crippen LogP) is 9.95. The van der Waals surface area contributed by atoms with Crippen molar-refractivity contribution in [2.45, 2.75) is 32.5 Å². The number of allylic oxidation sites excluding steroid dienone is 2. The number of ether oxygens (including phenoxy) is 1. The van der Waals surface area contributed by atoms with Gasteiger partial charge in [0, 0.05) is 47.8 Å². The van der Waals surface area contributed by atoms with Crippen LogP contribution < -0.4 is 14.5 Å². The number of aromatic nitrogens is 1. The number of anilines is 3. The average Bonchev–Trinajstić information content (AvgIpc) is 3.43. The Morgan fingerprint density at radius 3 is 2.53 bits per heavy atom. The van der Waals surface area contributed by atoms with Crippen LogP contribution in [0.3, 0.4) is 0 Å². The van der Waals surface area contributed by atoms with Crippen LogP contribution in [0.1, 0.15) is 35.6 Å². The quantitative estimate of drug-likeness (QED) is 0.193. The molecule has 7 rings (SSSR count). The molecule has 5 aromatic rings. The Bertz CT molecular complexity index is 1960. The minimum absolute atomic E-state index is 0.167. The SMILES string of the molecule is CC/C=C1/C=Cc2cnc3ccc(-c4ccc(COc5cccc(C(F)(F)F)c5)cc4)cc3c2N1c1ccc2c(c1)N(C)CC2. The van der Waals surface area contributed by atoms with E-state index >= 15 is 0 Å². The van der Waals surface area contributed by atoms with E-state index in [1.165, 1.54) is 23.4 Å². The molecule has 0 fully saturated rings. The van der Waals surface area contributed by atoms with Crippen molar-refractivity contribution in [3.8, 4) is 16.9 Å². The Labute approximate surface area is 260 Å².